The van der Waals surface area contributed by atoms with Crippen LogP contribution in [-0.2, 0) is 9.84 Å². The number of guanidine groups is 1. The van der Waals surface area contributed by atoms with Gasteiger partial charge in [-0.1, -0.05) is 6.42 Å². The number of hydrogen-bond acceptors (Lipinski definition) is 5. The Hall–Kier alpha value is -2.13. The first-order chi connectivity index (χ1) is 13.3. The Kier molecular flexibility index (Phi) is 6.24. The third kappa shape index (κ3) is 4.82. The molecule has 1 amide bonds. The second kappa shape index (κ2) is 8.48. The average molecular weight is 408 g/mol. The minimum atomic E-state index is -3.52. The maximum absolute atomic E-state index is 12.4. The molecule has 28 heavy (non-hydrogen) atoms. The van der Waals surface area contributed by atoms with Crippen LogP contribution in [0.5, 0.6) is 0 Å². The number of anilines is 1. The summed E-state index contributed by atoms with van der Waals surface area (Å²) in [5.41, 5.74) is 11.3. The molecular formula is C19H29N5O3S. The van der Waals surface area contributed by atoms with Crippen molar-refractivity contribution in [2.75, 3.05) is 37.3 Å². The van der Waals surface area contributed by atoms with Gasteiger partial charge >= 0.3 is 0 Å². The number of carbonyl (C=O) groups excluding carboxylic acids is 1. The molecule has 0 unspecified atom stereocenters. The molecule has 0 spiro atoms. The third-order valence-corrected chi connectivity index (χ3v) is 6.68. The smallest absolute Gasteiger partial charge is 0.280 e. The van der Waals surface area contributed by atoms with Gasteiger partial charge in [0.2, 0.25) is 0 Å². The van der Waals surface area contributed by atoms with Gasteiger partial charge in [0.1, 0.15) is 0 Å². The second-order valence-corrected chi connectivity index (χ2v) is 9.60. The molecule has 2 heterocycles. The number of piperidine rings is 2. The molecule has 3 rings (SSSR count). The number of aliphatic imine (C=N–C) groups is 1. The molecule has 1 aromatic rings. The lowest BCUT2D eigenvalue weighted by molar-refractivity contribution is 0.100. The summed E-state index contributed by atoms with van der Waals surface area (Å²) in [4.78, 5) is 20.4. The van der Waals surface area contributed by atoms with Crippen molar-refractivity contribution in [2.24, 2.45) is 16.5 Å². The van der Waals surface area contributed by atoms with E-state index in [0.29, 0.717) is 11.7 Å². The van der Waals surface area contributed by atoms with Gasteiger partial charge in [0.05, 0.1) is 10.6 Å². The van der Waals surface area contributed by atoms with Crippen molar-refractivity contribution in [3.63, 3.8) is 0 Å². The summed E-state index contributed by atoms with van der Waals surface area (Å²) in [5, 5.41) is 0. The largest absolute Gasteiger partial charge is 0.370 e. The first-order valence-corrected chi connectivity index (χ1v) is 11.6. The van der Waals surface area contributed by atoms with Crippen LogP contribution in [0.3, 0.4) is 0 Å². The van der Waals surface area contributed by atoms with Crippen LogP contribution in [0.1, 0.15) is 42.5 Å². The first-order valence-electron chi connectivity index (χ1n) is 9.73. The normalized spacial score (nSPS) is 19.4. The van der Waals surface area contributed by atoms with Crippen LogP contribution in [0, 0.1) is 0 Å². The van der Waals surface area contributed by atoms with Crippen molar-refractivity contribution in [3.8, 4) is 0 Å². The lowest BCUT2D eigenvalue weighted by Gasteiger charge is -2.41. The third-order valence-electron chi connectivity index (χ3n) is 5.55. The molecule has 2 aliphatic heterocycles. The molecule has 0 radical (unpaired) electrons. The van der Waals surface area contributed by atoms with Crippen LogP contribution < -0.4 is 16.4 Å². The van der Waals surface area contributed by atoms with E-state index in [-0.39, 0.29) is 16.4 Å². The fourth-order valence-corrected chi connectivity index (χ4v) is 5.06. The van der Waals surface area contributed by atoms with Gasteiger partial charge in [-0.3, -0.25) is 4.79 Å². The molecular weight excluding hydrogens is 378 g/mol. The Morgan fingerprint density at radius 1 is 1.07 bits per heavy atom. The van der Waals surface area contributed by atoms with E-state index in [4.69, 9.17) is 11.5 Å². The van der Waals surface area contributed by atoms with E-state index in [1.807, 2.05) is 0 Å². The van der Waals surface area contributed by atoms with E-state index in [9.17, 15) is 13.2 Å². The molecule has 154 valence electrons. The Bertz CT molecular complexity index is 850. The number of likely N-dealkylation sites (tertiary alicyclic amines) is 1. The van der Waals surface area contributed by atoms with Gasteiger partial charge in [0.25, 0.3) is 5.91 Å². The maximum Gasteiger partial charge on any atom is 0.280 e. The van der Waals surface area contributed by atoms with Gasteiger partial charge in [-0.2, -0.15) is 4.99 Å². The number of carbonyl (C=O) groups is 1. The number of nitrogens with two attached hydrogens (primary N) is 2. The number of sulfone groups is 1. The summed E-state index contributed by atoms with van der Waals surface area (Å²) in [7, 11) is -3.52. The molecule has 4 N–H and O–H groups in total. The van der Waals surface area contributed by atoms with E-state index in [1.165, 1.54) is 38.4 Å². The molecule has 1 aromatic carbocycles. The van der Waals surface area contributed by atoms with Gasteiger partial charge < -0.3 is 21.3 Å². The Balaban J connectivity index is 1.80. The molecule has 0 saturated carbocycles. The van der Waals surface area contributed by atoms with E-state index in [0.717, 1.165) is 32.2 Å². The minimum Gasteiger partial charge on any atom is -0.370 e. The summed E-state index contributed by atoms with van der Waals surface area (Å²) in [5.74, 6) is -1.00. The standard InChI is InChI=1S/C19H29N5O3S/c1-28(26,27)17-13-14(18(25)22-19(20)21)5-6-16(17)24-11-7-15(8-12-24)23-9-3-2-4-10-23/h5-6,13,15H,2-4,7-12H2,1H3,(H4,20,21,22,25). The van der Waals surface area contributed by atoms with Gasteiger partial charge in [-0.15, -0.1) is 0 Å². The van der Waals surface area contributed by atoms with Crippen LogP contribution in [-0.4, -0.2) is 63.7 Å². The van der Waals surface area contributed by atoms with Crippen LogP contribution in [0.2, 0.25) is 0 Å². The Morgan fingerprint density at radius 2 is 1.71 bits per heavy atom. The zero-order valence-electron chi connectivity index (χ0n) is 16.3. The molecule has 0 aliphatic carbocycles. The molecule has 0 aromatic heterocycles. The zero-order valence-corrected chi connectivity index (χ0v) is 17.1. The van der Waals surface area contributed by atoms with E-state index >= 15 is 0 Å². The minimum absolute atomic E-state index is 0.139. The van der Waals surface area contributed by atoms with Crippen molar-refractivity contribution >= 4 is 27.4 Å². The van der Waals surface area contributed by atoms with E-state index in [2.05, 4.69) is 14.8 Å². The van der Waals surface area contributed by atoms with Gasteiger partial charge in [-0.05, 0) is 57.0 Å². The number of rotatable bonds is 4. The van der Waals surface area contributed by atoms with Crippen molar-refractivity contribution < 1.29 is 13.2 Å². The van der Waals surface area contributed by atoms with E-state index in [1.54, 1.807) is 12.1 Å². The highest BCUT2D eigenvalue weighted by molar-refractivity contribution is 7.90. The lowest BCUT2D eigenvalue weighted by Crippen LogP contribution is -2.47. The van der Waals surface area contributed by atoms with Crippen molar-refractivity contribution in [1.82, 2.24) is 4.90 Å². The van der Waals surface area contributed by atoms with Crippen LogP contribution in [0.4, 0.5) is 5.69 Å². The summed E-state index contributed by atoms with van der Waals surface area (Å²) in [6.07, 6.45) is 7.03. The Labute approximate surface area is 166 Å². The summed E-state index contributed by atoms with van der Waals surface area (Å²) < 4.78 is 24.7. The highest BCUT2D eigenvalue weighted by atomic mass is 32.2. The molecule has 9 heteroatoms. The summed E-state index contributed by atoms with van der Waals surface area (Å²) in [6.45, 7) is 3.93. The van der Waals surface area contributed by atoms with E-state index < -0.39 is 15.7 Å². The first kappa shape index (κ1) is 20.6. The highest BCUT2D eigenvalue weighted by Gasteiger charge is 2.28. The van der Waals surface area contributed by atoms with Gasteiger partial charge in [0, 0.05) is 31.0 Å². The fourth-order valence-electron chi connectivity index (χ4n) is 4.14. The summed E-state index contributed by atoms with van der Waals surface area (Å²) in [6, 6.07) is 5.21. The molecule has 0 atom stereocenters. The topological polar surface area (TPSA) is 122 Å². The predicted octanol–water partition coefficient (Wildman–Crippen LogP) is 0.958. The molecule has 0 bridgehead atoms. The molecule has 2 fully saturated rings. The van der Waals surface area contributed by atoms with Crippen molar-refractivity contribution in [3.05, 3.63) is 23.8 Å². The average Bonchev–Trinajstić information content (AvgIpc) is 2.67. The molecule has 2 aliphatic rings. The zero-order chi connectivity index (χ0) is 20.3. The van der Waals surface area contributed by atoms with Crippen LogP contribution in [0.15, 0.2) is 28.1 Å². The van der Waals surface area contributed by atoms with Crippen LogP contribution in [0.25, 0.3) is 0 Å². The SMILES string of the molecule is CS(=O)(=O)c1cc(C(=O)N=C(N)N)ccc1N1CCC(N2CCCCC2)CC1. The number of amides is 1. The fraction of sp³-hybridized carbons (Fsp3) is 0.579. The van der Waals surface area contributed by atoms with Crippen molar-refractivity contribution in [1.29, 1.82) is 0 Å². The molecule has 8 nitrogen and oxygen atoms in total. The Morgan fingerprint density at radius 3 is 2.29 bits per heavy atom. The molecule has 2 saturated heterocycles. The summed E-state index contributed by atoms with van der Waals surface area (Å²) >= 11 is 0. The quantitative estimate of drug-likeness (QED) is 0.563. The number of benzene rings is 1. The number of nitrogens with zero attached hydrogens (tertiary/aromatic N) is 3. The number of hydrogen-bond donors (Lipinski definition) is 2. The van der Waals surface area contributed by atoms with Crippen LogP contribution >= 0.6 is 0 Å². The second-order valence-electron chi connectivity index (χ2n) is 7.61. The monoisotopic (exact) mass is 407 g/mol. The highest BCUT2D eigenvalue weighted by Crippen LogP contribution is 2.31. The predicted molar refractivity (Wildman–Crippen MR) is 110 cm³/mol. The van der Waals surface area contributed by atoms with Gasteiger partial charge in [-0.25, -0.2) is 8.42 Å². The lowest BCUT2D eigenvalue weighted by atomic mass is 9.99. The van der Waals surface area contributed by atoms with Gasteiger partial charge in [0.15, 0.2) is 15.8 Å². The maximum atomic E-state index is 12.4. The van der Waals surface area contributed by atoms with Crippen molar-refractivity contribution in [2.45, 2.75) is 43.0 Å².